The molecule has 0 saturated heterocycles. The third-order valence-corrected chi connectivity index (χ3v) is 3.18. The van der Waals surface area contributed by atoms with Crippen LogP contribution in [0.1, 0.15) is 14.5 Å². The van der Waals surface area contributed by atoms with Crippen molar-refractivity contribution in [3.63, 3.8) is 0 Å². The number of rotatable bonds is 2. The number of nitrogens with zero attached hydrogens (tertiary/aromatic N) is 1. The van der Waals surface area contributed by atoms with Crippen molar-refractivity contribution >= 4 is 28.6 Å². The molecule has 16 heavy (non-hydrogen) atoms. The normalized spacial score (nSPS) is 10.1. The van der Waals surface area contributed by atoms with Crippen LogP contribution in [0.3, 0.4) is 0 Å². The number of amides is 1. The minimum absolute atomic E-state index is 0.143. The number of carbonyl (C=O) groups is 1. The van der Waals surface area contributed by atoms with Crippen LogP contribution in [0.15, 0.2) is 30.6 Å². The van der Waals surface area contributed by atoms with Gasteiger partial charge in [0.25, 0.3) is 5.91 Å². The number of nitrogens with two attached hydrogens (primary N) is 1. The third kappa shape index (κ3) is 2.20. The van der Waals surface area contributed by atoms with Gasteiger partial charge >= 0.3 is 0 Å². The summed E-state index contributed by atoms with van der Waals surface area (Å²) in [7, 11) is 0. The van der Waals surface area contributed by atoms with E-state index in [1.54, 1.807) is 30.6 Å². The molecule has 0 saturated carbocycles. The maximum absolute atomic E-state index is 11.8. The van der Waals surface area contributed by atoms with Crippen molar-refractivity contribution in [2.24, 2.45) is 0 Å². The molecule has 0 unspecified atom stereocenters. The Labute approximate surface area is 97.1 Å². The molecule has 0 aromatic carbocycles. The minimum atomic E-state index is -0.143. The monoisotopic (exact) mass is 233 g/mol. The van der Waals surface area contributed by atoms with E-state index in [2.05, 4.69) is 10.3 Å². The molecule has 2 rings (SSSR count). The summed E-state index contributed by atoms with van der Waals surface area (Å²) in [6.07, 6.45) is 3.26. The van der Waals surface area contributed by atoms with E-state index < -0.39 is 0 Å². The Bertz CT molecular complexity index is 488. The number of carbonyl (C=O) groups excluding carboxylic acids is 1. The van der Waals surface area contributed by atoms with Crippen LogP contribution in [0.5, 0.6) is 0 Å². The molecule has 2 aromatic heterocycles. The Morgan fingerprint density at radius 2 is 2.12 bits per heavy atom. The van der Waals surface area contributed by atoms with E-state index in [1.807, 2.05) is 6.92 Å². The maximum Gasteiger partial charge on any atom is 0.265 e. The Morgan fingerprint density at radius 1 is 1.44 bits per heavy atom. The largest absolute Gasteiger partial charge is 0.398 e. The van der Waals surface area contributed by atoms with Crippen LogP contribution < -0.4 is 11.1 Å². The third-order valence-electron chi connectivity index (χ3n) is 2.12. The van der Waals surface area contributed by atoms with Gasteiger partial charge in [-0.1, -0.05) is 0 Å². The summed E-state index contributed by atoms with van der Waals surface area (Å²) in [6.45, 7) is 1.89. The smallest absolute Gasteiger partial charge is 0.265 e. The summed E-state index contributed by atoms with van der Waals surface area (Å²) in [6, 6.07) is 5.17. The lowest BCUT2D eigenvalue weighted by atomic mass is 10.3. The topological polar surface area (TPSA) is 68.0 Å². The van der Waals surface area contributed by atoms with Gasteiger partial charge < -0.3 is 11.1 Å². The molecule has 0 bridgehead atoms. The molecule has 5 heteroatoms. The first-order chi connectivity index (χ1) is 7.66. The van der Waals surface area contributed by atoms with Crippen LogP contribution >= 0.6 is 11.3 Å². The zero-order valence-electron chi connectivity index (χ0n) is 8.73. The number of nitrogen functional groups attached to an aromatic ring is 1. The molecule has 82 valence electrons. The van der Waals surface area contributed by atoms with Crippen LogP contribution in [0.25, 0.3) is 0 Å². The highest BCUT2D eigenvalue weighted by Crippen LogP contribution is 2.24. The molecule has 0 aliphatic heterocycles. The first kappa shape index (κ1) is 10.6. The second-order valence-corrected chi connectivity index (χ2v) is 4.57. The Balaban J connectivity index is 2.15. The van der Waals surface area contributed by atoms with Crippen LogP contribution in [0.4, 0.5) is 11.4 Å². The number of nitrogens with one attached hydrogen (secondary N) is 1. The maximum atomic E-state index is 11.8. The zero-order chi connectivity index (χ0) is 11.5. The molecule has 0 fully saturated rings. The summed E-state index contributed by atoms with van der Waals surface area (Å²) in [4.78, 5) is 17.3. The number of anilines is 2. The van der Waals surface area contributed by atoms with Gasteiger partial charge in [-0.2, -0.15) is 0 Å². The summed E-state index contributed by atoms with van der Waals surface area (Å²) in [5.74, 6) is -0.143. The molecule has 3 N–H and O–H groups in total. The molecule has 4 nitrogen and oxygen atoms in total. The van der Waals surface area contributed by atoms with Gasteiger partial charge in [-0.05, 0) is 25.1 Å². The predicted molar refractivity (Wildman–Crippen MR) is 65.7 cm³/mol. The highest BCUT2D eigenvalue weighted by molar-refractivity contribution is 7.14. The quantitative estimate of drug-likeness (QED) is 0.836. The van der Waals surface area contributed by atoms with Gasteiger partial charge in [0.2, 0.25) is 0 Å². The van der Waals surface area contributed by atoms with E-state index in [0.29, 0.717) is 10.6 Å². The summed E-state index contributed by atoms with van der Waals surface area (Å²) in [5.41, 5.74) is 7.08. The van der Waals surface area contributed by atoms with Crippen molar-refractivity contribution in [1.82, 2.24) is 4.98 Å². The van der Waals surface area contributed by atoms with Crippen molar-refractivity contribution in [2.45, 2.75) is 6.92 Å². The number of hydrogen-bond acceptors (Lipinski definition) is 4. The molecule has 2 aromatic rings. The average molecular weight is 233 g/mol. The molecule has 0 radical (unpaired) electrons. The van der Waals surface area contributed by atoms with Gasteiger partial charge in [0.15, 0.2) is 0 Å². The first-order valence-corrected chi connectivity index (χ1v) is 5.56. The second-order valence-electron chi connectivity index (χ2n) is 3.31. The van der Waals surface area contributed by atoms with Gasteiger partial charge in [0, 0.05) is 28.6 Å². The predicted octanol–water partition coefficient (Wildman–Crippen LogP) is 2.29. The molecule has 2 heterocycles. The van der Waals surface area contributed by atoms with Crippen LogP contribution in [0.2, 0.25) is 0 Å². The van der Waals surface area contributed by atoms with Crippen molar-refractivity contribution in [3.05, 3.63) is 40.3 Å². The van der Waals surface area contributed by atoms with Gasteiger partial charge in [-0.15, -0.1) is 11.3 Å². The standard InChI is InChI=1S/C11H11N3OS/c1-7-9(12)6-10(16-7)11(15)14-8-2-4-13-5-3-8/h2-6H,12H2,1H3,(H,13,14,15). The Morgan fingerprint density at radius 3 is 2.69 bits per heavy atom. The van der Waals surface area contributed by atoms with E-state index in [9.17, 15) is 4.79 Å². The number of aromatic nitrogens is 1. The zero-order valence-corrected chi connectivity index (χ0v) is 9.54. The van der Waals surface area contributed by atoms with E-state index in [1.165, 1.54) is 11.3 Å². The molecule has 0 aliphatic carbocycles. The van der Waals surface area contributed by atoms with Gasteiger partial charge in [-0.3, -0.25) is 9.78 Å². The fourth-order valence-electron chi connectivity index (χ4n) is 1.24. The van der Waals surface area contributed by atoms with Gasteiger partial charge in [0.1, 0.15) is 0 Å². The molecule has 0 aliphatic rings. The summed E-state index contributed by atoms with van der Waals surface area (Å²) >= 11 is 1.39. The lowest BCUT2D eigenvalue weighted by molar-refractivity contribution is 0.103. The molecule has 0 spiro atoms. The Hall–Kier alpha value is -1.88. The van der Waals surface area contributed by atoms with Crippen LogP contribution in [-0.2, 0) is 0 Å². The second kappa shape index (κ2) is 4.32. The van der Waals surface area contributed by atoms with Gasteiger partial charge in [-0.25, -0.2) is 0 Å². The van der Waals surface area contributed by atoms with E-state index >= 15 is 0 Å². The van der Waals surface area contributed by atoms with Crippen LogP contribution in [0, 0.1) is 6.92 Å². The van der Waals surface area contributed by atoms with E-state index in [0.717, 1.165) is 10.6 Å². The Kier molecular flexibility index (Phi) is 2.87. The molecular weight excluding hydrogens is 222 g/mol. The minimum Gasteiger partial charge on any atom is -0.398 e. The number of aryl methyl sites for hydroxylation is 1. The van der Waals surface area contributed by atoms with Crippen LogP contribution in [-0.4, -0.2) is 10.9 Å². The van der Waals surface area contributed by atoms with Crippen molar-refractivity contribution < 1.29 is 4.79 Å². The fourth-order valence-corrected chi connectivity index (χ4v) is 2.07. The summed E-state index contributed by atoms with van der Waals surface area (Å²) < 4.78 is 0. The number of hydrogen-bond donors (Lipinski definition) is 2. The first-order valence-electron chi connectivity index (χ1n) is 4.74. The van der Waals surface area contributed by atoms with Crippen molar-refractivity contribution in [1.29, 1.82) is 0 Å². The highest BCUT2D eigenvalue weighted by Gasteiger charge is 2.10. The van der Waals surface area contributed by atoms with Crippen molar-refractivity contribution in [2.75, 3.05) is 11.1 Å². The molecular formula is C11H11N3OS. The number of thiophene rings is 1. The number of pyridine rings is 1. The lowest BCUT2D eigenvalue weighted by Gasteiger charge is -2.01. The average Bonchev–Trinajstić information content (AvgIpc) is 2.61. The van der Waals surface area contributed by atoms with E-state index in [-0.39, 0.29) is 5.91 Å². The SMILES string of the molecule is Cc1sc(C(=O)Nc2ccncc2)cc1N. The fraction of sp³-hybridized carbons (Fsp3) is 0.0909. The molecule has 0 atom stereocenters. The van der Waals surface area contributed by atoms with E-state index in [4.69, 9.17) is 5.73 Å². The van der Waals surface area contributed by atoms with Crippen molar-refractivity contribution in [3.8, 4) is 0 Å². The summed E-state index contributed by atoms with van der Waals surface area (Å²) in [5, 5.41) is 2.77. The lowest BCUT2D eigenvalue weighted by Crippen LogP contribution is -2.09. The molecule has 1 amide bonds. The highest BCUT2D eigenvalue weighted by atomic mass is 32.1. The van der Waals surface area contributed by atoms with Gasteiger partial charge in [0.05, 0.1) is 4.88 Å².